The molecule has 5 N–H and O–H groups in total. The number of benzene rings is 3. The number of hydrogen-bond acceptors (Lipinski definition) is 8. The summed E-state index contributed by atoms with van der Waals surface area (Å²) in [5.74, 6) is -0.843. The highest BCUT2D eigenvalue weighted by atomic mass is 19.1. The number of alkyl carbamates (subject to hydrolysis) is 1. The topological polar surface area (TPSA) is 145 Å². The number of nitrogens with one attached hydrogen (secondary N) is 2. The molecule has 0 bridgehead atoms. The summed E-state index contributed by atoms with van der Waals surface area (Å²) in [4.78, 5) is 17.1. The molecule has 0 aliphatic heterocycles. The van der Waals surface area contributed by atoms with Crippen LogP contribution in [0, 0.1) is 18.6 Å². The zero-order valence-electron chi connectivity index (χ0n) is 31.3. The van der Waals surface area contributed by atoms with Gasteiger partial charge in [0.15, 0.2) is 23.1 Å². The van der Waals surface area contributed by atoms with E-state index in [0.29, 0.717) is 46.3 Å². The number of nitrogens with two attached hydrogens (primary N) is 1. The highest BCUT2D eigenvalue weighted by Crippen LogP contribution is 2.36. The zero-order chi connectivity index (χ0) is 38.7. The number of aromatic nitrogens is 2. The van der Waals surface area contributed by atoms with E-state index >= 15 is 4.39 Å². The van der Waals surface area contributed by atoms with Crippen molar-refractivity contribution in [2.24, 2.45) is 10.7 Å². The molecule has 6 rings (SSSR count). The maximum Gasteiger partial charge on any atom is 0.407 e. The van der Waals surface area contributed by atoms with Crippen LogP contribution in [0.5, 0.6) is 17.2 Å². The third-order valence-electron chi connectivity index (χ3n) is 9.33. The van der Waals surface area contributed by atoms with E-state index in [4.69, 9.17) is 19.9 Å². The largest absolute Gasteiger partial charge is 0.505 e. The maximum absolute atomic E-state index is 15.6. The Bertz CT molecular complexity index is 2200. The number of halogens is 2. The van der Waals surface area contributed by atoms with Gasteiger partial charge in [0.1, 0.15) is 23.8 Å². The smallest absolute Gasteiger partial charge is 0.407 e. The Labute approximate surface area is 313 Å². The Morgan fingerprint density at radius 2 is 1.81 bits per heavy atom. The molecule has 0 radical (unpaired) electrons. The number of aryl methyl sites for hydroxylation is 2. The summed E-state index contributed by atoms with van der Waals surface area (Å²) in [6.45, 7) is 9.40. The third-order valence-corrected chi connectivity index (χ3v) is 9.33. The summed E-state index contributed by atoms with van der Waals surface area (Å²) >= 11 is 0. The zero-order valence-corrected chi connectivity index (χ0v) is 31.3. The second-order valence-corrected chi connectivity index (χ2v) is 14.5. The number of phenols is 1. The van der Waals surface area contributed by atoms with Crippen LogP contribution in [0.4, 0.5) is 25.0 Å². The van der Waals surface area contributed by atoms with Gasteiger partial charge >= 0.3 is 6.09 Å². The van der Waals surface area contributed by atoms with E-state index in [-0.39, 0.29) is 36.0 Å². The van der Waals surface area contributed by atoms with Crippen LogP contribution in [0.2, 0.25) is 0 Å². The molecule has 54 heavy (non-hydrogen) atoms. The van der Waals surface area contributed by atoms with Gasteiger partial charge in [-0.2, -0.15) is 5.10 Å². The van der Waals surface area contributed by atoms with E-state index < -0.39 is 29.1 Å². The lowest BCUT2D eigenvalue weighted by Gasteiger charge is -2.22. The molecule has 2 atom stereocenters. The first-order valence-corrected chi connectivity index (χ1v) is 17.9. The first-order chi connectivity index (χ1) is 25.7. The number of methoxy groups -OCH3 is 1. The van der Waals surface area contributed by atoms with E-state index in [1.165, 1.54) is 12.1 Å². The summed E-state index contributed by atoms with van der Waals surface area (Å²) in [7, 11) is 1.60. The summed E-state index contributed by atoms with van der Waals surface area (Å²) in [5.41, 5.74) is 11.7. The van der Waals surface area contributed by atoms with E-state index in [9.17, 15) is 14.3 Å². The number of fused-ring (bicyclic) bond motifs is 1. The van der Waals surface area contributed by atoms with E-state index in [2.05, 4.69) is 20.7 Å². The Kier molecular flexibility index (Phi) is 11.0. The number of hydrogen-bond donors (Lipinski definition) is 4. The summed E-state index contributed by atoms with van der Waals surface area (Å²) in [6.07, 6.45) is 5.48. The number of nitrogens with zero attached hydrogens (tertiary/aromatic N) is 3. The lowest BCUT2D eigenvalue weighted by molar-refractivity contribution is 0.0505. The number of carbonyl (C=O) groups is 1. The number of aliphatic imine (C=N–C) groups is 1. The average molecular weight is 741 g/mol. The molecule has 2 aromatic heterocycles. The summed E-state index contributed by atoms with van der Waals surface area (Å²) in [5, 5.41) is 21.2. The molecule has 0 spiro atoms. The van der Waals surface area contributed by atoms with Crippen molar-refractivity contribution in [2.75, 3.05) is 12.4 Å². The van der Waals surface area contributed by atoms with Gasteiger partial charge in [-0.1, -0.05) is 19.1 Å². The minimum atomic E-state index is -0.809. The molecular weight excluding hydrogens is 694 g/mol. The lowest BCUT2D eigenvalue weighted by Crippen LogP contribution is -2.38. The molecule has 1 aliphatic carbocycles. The first kappa shape index (κ1) is 37.9. The Morgan fingerprint density at radius 1 is 1.07 bits per heavy atom. The summed E-state index contributed by atoms with van der Waals surface area (Å²) < 4.78 is 48.2. The minimum absolute atomic E-state index is 0.0697. The molecule has 0 saturated heterocycles. The molecule has 2 heterocycles. The third kappa shape index (κ3) is 8.67. The number of carbonyl (C=O) groups excluding carboxylic acids is 1. The standard InChI is InChI=1S/C41H46F2N6O5/c1-7-25-16-36(50)32(42)19-34(25)48-39(44)31-20-45-49-21-26(15-35(49)38(31)46-27-10-11-28(17-27)47-40(51)54-41(3,4)5)30-18-33(43)37(14-23(30)2)53-22-24-8-12-29(52-6)13-9-24/h8-9,12-16,18-21,27-28,46,50H,7,10-11,17,22H2,1-6H3,(H2,44,48)(H,47,51)/t27-,28+/m1/s1. The van der Waals surface area contributed by atoms with Crippen molar-refractivity contribution in [2.45, 2.75) is 84.6 Å². The van der Waals surface area contributed by atoms with Crippen molar-refractivity contribution in [3.63, 3.8) is 0 Å². The van der Waals surface area contributed by atoms with Crippen molar-refractivity contribution < 1.29 is 32.9 Å². The molecule has 3 aromatic carbocycles. The van der Waals surface area contributed by atoms with Crippen molar-refractivity contribution in [3.05, 3.63) is 101 Å². The van der Waals surface area contributed by atoms with Crippen LogP contribution in [0.15, 0.2) is 72.0 Å². The van der Waals surface area contributed by atoms with Crippen molar-refractivity contribution >= 4 is 28.8 Å². The maximum atomic E-state index is 15.6. The number of rotatable bonds is 11. The SMILES string of the molecule is CCc1cc(O)c(F)cc1N=C(N)c1cnn2cc(-c3cc(F)c(OCc4ccc(OC)cc4)cc3C)cc2c1N[C@@H]1CC[C@H](NC(=O)OC(C)(C)C)C1. The molecule has 13 heteroatoms. The second kappa shape index (κ2) is 15.6. The molecule has 0 unspecified atom stereocenters. The van der Waals surface area contributed by atoms with Crippen molar-refractivity contribution in [1.29, 1.82) is 0 Å². The number of amides is 1. The normalized spacial score (nSPS) is 16.0. The molecule has 5 aromatic rings. The van der Waals surface area contributed by atoms with Crippen LogP contribution in [-0.2, 0) is 17.8 Å². The van der Waals surface area contributed by atoms with E-state index in [1.54, 1.807) is 23.9 Å². The molecule has 11 nitrogen and oxygen atoms in total. The molecule has 1 saturated carbocycles. The van der Waals surface area contributed by atoms with Gasteiger partial charge < -0.3 is 35.7 Å². The minimum Gasteiger partial charge on any atom is -0.505 e. The quantitative estimate of drug-likeness (QED) is 0.0782. The predicted molar refractivity (Wildman–Crippen MR) is 205 cm³/mol. The van der Waals surface area contributed by atoms with Gasteiger partial charge in [-0.3, -0.25) is 0 Å². The van der Waals surface area contributed by atoms with Gasteiger partial charge in [-0.25, -0.2) is 23.1 Å². The van der Waals surface area contributed by atoms with Gasteiger partial charge in [0.2, 0.25) is 0 Å². The van der Waals surface area contributed by atoms with E-state index in [0.717, 1.165) is 35.8 Å². The molecular formula is C41H46F2N6O5. The number of ether oxygens (including phenoxy) is 3. The van der Waals surface area contributed by atoms with Crippen LogP contribution in [0.3, 0.4) is 0 Å². The van der Waals surface area contributed by atoms with Crippen LogP contribution in [0.1, 0.15) is 69.2 Å². The second-order valence-electron chi connectivity index (χ2n) is 14.5. The summed E-state index contributed by atoms with van der Waals surface area (Å²) in [6, 6.07) is 14.7. The Hall–Kier alpha value is -5.85. The number of aromatic hydroxyl groups is 1. The van der Waals surface area contributed by atoms with Gasteiger partial charge in [0.25, 0.3) is 0 Å². The first-order valence-electron chi connectivity index (χ1n) is 17.9. The predicted octanol–water partition coefficient (Wildman–Crippen LogP) is 8.34. The fourth-order valence-corrected chi connectivity index (χ4v) is 6.60. The van der Waals surface area contributed by atoms with Gasteiger partial charge in [-0.15, -0.1) is 0 Å². The molecule has 1 fully saturated rings. The Balaban J connectivity index is 1.33. The fraction of sp³-hybridized carbons (Fsp3) is 0.341. The van der Waals surface area contributed by atoms with Crippen LogP contribution in [-0.4, -0.2) is 51.4 Å². The monoisotopic (exact) mass is 740 g/mol. The number of anilines is 1. The van der Waals surface area contributed by atoms with Crippen LogP contribution in [0.25, 0.3) is 16.6 Å². The van der Waals surface area contributed by atoms with Crippen LogP contribution >= 0.6 is 0 Å². The van der Waals surface area contributed by atoms with Crippen molar-refractivity contribution in [1.82, 2.24) is 14.9 Å². The van der Waals surface area contributed by atoms with Gasteiger partial charge in [-0.05, 0) is 112 Å². The van der Waals surface area contributed by atoms with E-state index in [1.807, 2.05) is 71.1 Å². The van der Waals surface area contributed by atoms with Crippen molar-refractivity contribution in [3.8, 4) is 28.4 Å². The number of amidine groups is 1. The molecule has 1 amide bonds. The highest BCUT2D eigenvalue weighted by Gasteiger charge is 2.29. The number of phenolic OH excluding ortho intramolecular Hbond substituents is 1. The lowest BCUT2D eigenvalue weighted by atomic mass is 10.0. The van der Waals surface area contributed by atoms with Gasteiger partial charge in [0.05, 0.1) is 35.8 Å². The average Bonchev–Trinajstić information content (AvgIpc) is 3.76. The molecule has 1 aliphatic rings. The molecule has 284 valence electrons. The van der Waals surface area contributed by atoms with Gasteiger partial charge in [0, 0.05) is 29.9 Å². The van der Waals surface area contributed by atoms with Crippen LogP contribution < -0.4 is 25.8 Å². The fourth-order valence-electron chi connectivity index (χ4n) is 6.60. The highest BCUT2D eigenvalue weighted by molar-refractivity contribution is 6.06. The Morgan fingerprint density at radius 3 is 2.52 bits per heavy atom.